The van der Waals surface area contributed by atoms with E-state index in [1.54, 1.807) is 0 Å². The predicted octanol–water partition coefficient (Wildman–Crippen LogP) is 1.79. The summed E-state index contributed by atoms with van der Waals surface area (Å²) in [7, 11) is 0. The molecule has 106 valence electrons. The standard InChI is InChI=1S/C15H31N3/c1-3-8-17-9-11-18(12-10-17)13-14-6-5-7-15(14)16-4-2/h14-16H,3-13H2,1-2H3. The zero-order chi connectivity index (χ0) is 12.8. The van der Waals surface area contributed by atoms with E-state index in [9.17, 15) is 0 Å². The normalized spacial score (nSPS) is 31.0. The van der Waals surface area contributed by atoms with Crippen molar-refractivity contribution in [2.45, 2.75) is 45.6 Å². The lowest BCUT2D eigenvalue weighted by Crippen LogP contribution is -2.49. The number of nitrogens with zero attached hydrogens (tertiary/aromatic N) is 2. The second-order valence-electron chi connectivity index (χ2n) is 6.00. The van der Waals surface area contributed by atoms with Crippen LogP contribution in [-0.4, -0.2) is 61.7 Å². The molecule has 18 heavy (non-hydrogen) atoms. The lowest BCUT2D eigenvalue weighted by molar-refractivity contribution is 0.113. The maximum Gasteiger partial charge on any atom is 0.0110 e. The highest BCUT2D eigenvalue weighted by Crippen LogP contribution is 2.26. The van der Waals surface area contributed by atoms with E-state index in [1.165, 1.54) is 65.0 Å². The van der Waals surface area contributed by atoms with Gasteiger partial charge in [0.15, 0.2) is 0 Å². The molecule has 1 aliphatic carbocycles. The predicted molar refractivity (Wildman–Crippen MR) is 78.0 cm³/mol. The van der Waals surface area contributed by atoms with Gasteiger partial charge < -0.3 is 15.1 Å². The largest absolute Gasteiger partial charge is 0.314 e. The van der Waals surface area contributed by atoms with Crippen molar-refractivity contribution in [2.24, 2.45) is 5.92 Å². The minimum atomic E-state index is 0.795. The first-order chi connectivity index (χ1) is 8.83. The van der Waals surface area contributed by atoms with E-state index < -0.39 is 0 Å². The van der Waals surface area contributed by atoms with Crippen LogP contribution in [-0.2, 0) is 0 Å². The van der Waals surface area contributed by atoms with Crippen molar-refractivity contribution in [3.63, 3.8) is 0 Å². The third kappa shape index (κ3) is 3.94. The van der Waals surface area contributed by atoms with Crippen molar-refractivity contribution in [2.75, 3.05) is 45.8 Å². The Morgan fingerprint density at radius 3 is 2.39 bits per heavy atom. The molecule has 2 fully saturated rings. The number of hydrogen-bond donors (Lipinski definition) is 1. The van der Waals surface area contributed by atoms with Gasteiger partial charge in [0.1, 0.15) is 0 Å². The van der Waals surface area contributed by atoms with E-state index in [0.717, 1.165) is 18.5 Å². The summed E-state index contributed by atoms with van der Waals surface area (Å²) < 4.78 is 0. The Bertz CT molecular complexity index is 224. The summed E-state index contributed by atoms with van der Waals surface area (Å²) in [4.78, 5) is 5.32. The van der Waals surface area contributed by atoms with Crippen LogP contribution in [0, 0.1) is 5.92 Å². The quantitative estimate of drug-likeness (QED) is 0.778. The number of piperazine rings is 1. The Balaban J connectivity index is 1.70. The summed E-state index contributed by atoms with van der Waals surface area (Å²) in [5.74, 6) is 0.905. The van der Waals surface area contributed by atoms with Gasteiger partial charge in [0.05, 0.1) is 0 Å². The van der Waals surface area contributed by atoms with Crippen LogP contribution in [0.2, 0.25) is 0 Å². The minimum absolute atomic E-state index is 0.795. The smallest absolute Gasteiger partial charge is 0.0110 e. The topological polar surface area (TPSA) is 18.5 Å². The van der Waals surface area contributed by atoms with Gasteiger partial charge in [-0.15, -0.1) is 0 Å². The molecule has 0 aromatic carbocycles. The van der Waals surface area contributed by atoms with E-state index in [2.05, 4.69) is 29.0 Å². The van der Waals surface area contributed by atoms with E-state index >= 15 is 0 Å². The third-order valence-electron chi connectivity index (χ3n) is 4.62. The second-order valence-corrected chi connectivity index (χ2v) is 6.00. The van der Waals surface area contributed by atoms with Crippen molar-refractivity contribution in [1.29, 1.82) is 0 Å². The highest BCUT2D eigenvalue weighted by Gasteiger charge is 2.29. The van der Waals surface area contributed by atoms with Crippen LogP contribution < -0.4 is 5.32 Å². The van der Waals surface area contributed by atoms with Gasteiger partial charge in [-0.1, -0.05) is 20.3 Å². The van der Waals surface area contributed by atoms with E-state index in [0.29, 0.717) is 0 Å². The second kappa shape index (κ2) is 7.46. The van der Waals surface area contributed by atoms with Gasteiger partial charge in [-0.05, 0) is 38.3 Å². The summed E-state index contributed by atoms with van der Waals surface area (Å²) in [6.45, 7) is 13.4. The average Bonchev–Trinajstić information content (AvgIpc) is 2.80. The van der Waals surface area contributed by atoms with Crippen molar-refractivity contribution in [3.05, 3.63) is 0 Å². The van der Waals surface area contributed by atoms with Crippen LogP contribution >= 0.6 is 0 Å². The molecule has 0 spiro atoms. The van der Waals surface area contributed by atoms with Crippen molar-refractivity contribution in [3.8, 4) is 0 Å². The molecule has 1 aliphatic heterocycles. The average molecular weight is 253 g/mol. The van der Waals surface area contributed by atoms with Crippen molar-refractivity contribution >= 4 is 0 Å². The first kappa shape index (κ1) is 14.3. The Hall–Kier alpha value is -0.120. The molecule has 1 heterocycles. The van der Waals surface area contributed by atoms with Crippen LogP contribution in [0.4, 0.5) is 0 Å². The van der Waals surface area contributed by atoms with Crippen LogP contribution in [0.25, 0.3) is 0 Å². The van der Waals surface area contributed by atoms with Gasteiger partial charge >= 0.3 is 0 Å². The van der Waals surface area contributed by atoms with E-state index in [-0.39, 0.29) is 0 Å². The minimum Gasteiger partial charge on any atom is -0.314 e. The van der Waals surface area contributed by atoms with Gasteiger partial charge in [-0.3, -0.25) is 0 Å². The highest BCUT2D eigenvalue weighted by atomic mass is 15.3. The molecule has 2 unspecified atom stereocenters. The van der Waals surface area contributed by atoms with Crippen molar-refractivity contribution in [1.82, 2.24) is 15.1 Å². The van der Waals surface area contributed by atoms with E-state index in [1.807, 2.05) is 0 Å². The molecule has 0 aromatic heterocycles. The maximum absolute atomic E-state index is 3.68. The monoisotopic (exact) mass is 253 g/mol. The van der Waals surface area contributed by atoms with Gasteiger partial charge in [0, 0.05) is 38.8 Å². The number of hydrogen-bond acceptors (Lipinski definition) is 3. The third-order valence-corrected chi connectivity index (χ3v) is 4.62. The van der Waals surface area contributed by atoms with Crippen LogP contribution in [0.15, 0.2) is 0 Å². The molecular weight excluding hydrogens is 222 g/mol. The highest BCUT2D eigenvalue weighted by molar-refractivity contribution is 4.86. The molecule has 1 N–H and O–H groups in total. The molecule has 2 rings (SSSR count). The lowest BCUT2D eigenvalue weighted by atomic mass is 10.0. The van der Waals surface area contributed by atoms with Gasteiger partial charge in [0.2, 0.25) is 0 Å². The number of rotatable bonds is 6. The SMILES string of the molecule is CCCN1CCN(CC2CCCC2NCC)CC1. The molecule has 1 saturated carbocycles. The maximum atomic E-state index is 3.68. The zero-order valence-corrected chi connectivity index (χ0v) is 12.3. The fourth-order valence-electron chi connectivity index (χ4n) is 3.63. The number of nitrogens with one attached hydrogen (secondary N) is 1. The molecule has 2 aliphatic rings. The molecular formula is C15H31N3. The van der Waals surface area contributed by atoms with Gasteiger partial charge in [-0.2, -0.15) is 0 Å². The van der Waals surface area contributed by atoms with Crippen LogP contribution in [0.1, 0.15) is 39.5 Å². The summed E-state index contributed by atoms with van der Waals surface area (Å²) >= 11 is 0. The fourth-order valence-corrected chi connectivity index (χ4v) is 3.63. The first-order valence-corrected chi connectivity index (χ1v) is 8.01. The lowest BCUT2D eigenvalue weighted by Gasteiger charge is -2.36. The molecule has 0 amide bonds. The molecule has 3 nitrogen and oxygen atoms in total. The Morgan fingerprint density at radius 2 is 1.72 bits per heavy atom. The van der Waals surface area contributed by atoms with Gasteiger partial charge in [0.25, 0.3) is 0 Å². The van der Waals surface area contributed by atoms with Crippen molar-refractivity contribution < 1.29 is 0 Å². The van der Waals surface area contributed by atoms with Crippen LogP contribution in [0.3, 0.4) is 0 Å². The molecule has 1 saturated heterocycles. The molecule has 3 heteroatoms. The Labute approximate surface area is 113 Å². The zero-order valence-electron chi connectivity index (χ0n) is 12.3. The first-order valence-electron chi connectivity index (χ1n) is 8.01. The summed E-state index contributed by atoms with van der Waals surface area (Å²) in [5, 5.41) is 3.68. The van der Waals surface area contributed by atoms with E-state index in [4.69, 9.17) is 0 Å². The Morgan fingerprint density at radius 1 is 1.00 bits per heavy atom. The van der Waals surface area contributed by atoms with Crippen LogP contribution in [0.5, 0.6) is 0 Å². The summed E-state index contributed by atoms with van der Waals surface area (Å²) in [5.41, 5.74) is 0. The molecule has 0 aromatic rings. The molecule has 0 bridgehead atoms. The summed E-state index contributed by atoms with van der Waals surface area (Å²) in [6, 6.07) is 0.795. The molecule has 0 radical (unpaired) electrons. The van der Waals surface area contributed by atoms with Gasteiger partial charge in [-0.25, -0.2) is 0 Å². The molecule has 2 atom stereocenters. The summed E-state index contributed by atoms with van der Waals surface area (Å²) in [6.07, 6.45) is 5.56. The fraction of sp³-hybridized carbons (Fsp3) is 1.00. The Kier molecular flexibility index (Phi) is 5.93.